The number of sulfonamides is 1. The van der Waals surface area contributed by atoms with Gasteiger partial charge in [0.15, 0.2) is 10.9 Å². The molecule has 0 atom stereocenters. The first kappa shape index (κ1) is 16.2. The molecular formula is C15H18N6O2S. The third-order valence-electron chi connectivity index (χ3n) is 3.72. The van der Waals surface area contributed by atoms with E-state index in [4.69, 9.17) is 0 Å². The van der Waals surface area contributed by atoms with Gasteiger partial charge in [0.2, 0.25) is 0 Å². The van der Waals surface area contributed by atoms with E-state index in [-0.39, 0.29) is 11.0 Å². The Hall–Kier alpha value is -2.68. The number of imidazole rings is 1. The second kappa shape index (κ2) is 6.08. The van der Waals surface area contributed by atoms with Gasteiger partial charge in [0.1, 0.15) is 5.82 Å². The van der Waals surface area contributed by atoms with E-state index in [0.29, 0.717) is 18.2 Å². The first-order valence-electron chi connectivity index (χ1n) is 7.44. The van der Waals surface area contributed by atoms with E-state index in [1.54, 1.807) is 11.5 Å². The Morgan fingerprint density at radius 1 is 1.21 bits per heavy atom. The maximum Gasteiger partial charge on any atom is 0.285 e. The van der Waals surface area contributed by atoms with Crippen LogP contribution in [-0.4, -0.2) is 40.2 Å². The van der Waals surface area contributed by atoms with Crippen LogP contribution in [0, 0.1) is 6.92 Å². The fraction of sp³-hybridized carbons (Fsp3) is 0.267. The van der Waals surface area contributed by atoms with E-state index < -0.39 is 10.0 Å². The van der Waals surface area contributed by atoms with Crippen LogP contribution in [0.3, 0.4) is 0 Å². The number of H-pyrrole nitrogens is 1. The molecule has 3 rings (SSSR count). The number of benzene rings is 1. The largest absolute Gasteiger partial charge is 0.334 e. The van der Waals surface area contributed by atoms with Crippen LogP contribution in [0.2, 0.25) is 0 Å². The maximum atomic E-state index is 12.7. The number of hydrogen-bond donors (Lipinski definition) is 1. The van der Waals surface area contributed by atoms with E-state index in [9.17, 15) is 8.42 Å². The zero-order valence-electron chi connectivity index (χ0n) is 13.6. The molecule has 1 aromatic carbocycles. The van der Waals surface area contributed by atoms with Crippen molar-refractivity contribution >= 4 is 16.0 Å². The summed E-state index contributed by atoms with van der Waals surface area (Å²) in [7, 11) is -2.41. The van der Waals surface area contributed by atoms with E-state index in [1.165, 1.54) is 13.2 Å². The van der Waals surface area contributed by atoms with Crippen LogP contribution in [0.5, 0.6) is 0 Å². The quantitative estimate of drug-likeness (QED) is 0.760. The summed E-state index contributed by atoms with van der Waals surface area (Å²) in [6.45, 7) is 4.34. The number of nitrogens with one attached hydrogen (secondary N) is 1. The van der Waals surface area contributed by atoms with Gasteiger partial charge in [-0.3, -0.25) is 5.10 Å². The first-order chi connectivity index (χ1) is 11.4. The van der Waals surface area contributed by atoms with Gasteiger partial charge in [-0.1, -0.05) is 30.3 Å². The molecule has 24 heavy (non-hydrogen) atoms. The summed E-state index contributed by atoms with van der Waals surface area (Å²) in [4.78, 5) is 8.40. The van der Waals surface area contributed by atoms with Crippen molar-refractivity contribution in [3.8, 4) is 11.4 Å². The van der Waals surface area contributed by atoms with Crippen molar-refractivity contribution in [1.29, 1.82) is 0 Å². The average Bonchev–Trinajstić information content (AvgIpc) is 3.22. The highest BCUT2D eigenvalue weighted by Crippen LogP contribution is 2.21. The number of aromatic amines is 1. The zero-order valence-corrected chi connectivity index (χ0v) is 14.4. The van der Waals surface area contributed by atoms with Crippen molar-refractivity contribution in [2.45, 2.75) is 25.4 Å². The van der Waals surface area contributed by atoms with Gasteiger partial charge in [-0.05, 0) is 13.8 Å². The van der Waals surface area contributed by atoms with Gasteiger partial charge in [-0.2, -0.15) is 13.4 Å². The highest BCUT2D eigenvalue weighted by atomic mass is 32.2. The van der Waals surface area contributed by atoms with Gasteiger partial charge in [0, 0.05) is 25.4 Å². The third-order valence-corrected chi connectivity index (χ3v) is 5.33. The lowest BCUT2D eigenvalue weighted by atomic mass is 10.2. The summed E-state index contributed by atoms with van der Waals surface area (Å²) in [6.07, 6.45) is 1.52. The zero-order chi connectivity index (χ0) is 17.3. The van der Waals surface area contributed by atoms with Gasteiger partial charge < -0.3 is 4.57 Å². The predicted octanol–water partition coefficient (Wildman–Crippen LogP) is 1.82. The molecule has 0 aliphatic heterocycles. The second-order valence-electron chi connectivity index (χ2n) is 5.23. The van der Waals surface area contributed by atoms with Crippen molar-refractivity contribution in [2.75, 3.05) is 11.4 Å². The molecule has 9 heteroatoms. The van der Waals surface area contributed by atoms with Crippen LogP contribution in [0.15, 0.2) is 41.6 Å². The summed E-state index contributed by atoms with van der Waals surface area (Å²) in [6, 6.07) is 9.37. The summed E-state index contributed by atoms with van der Waals surface area (Å²) in [5, 5.41) is 6.75. The smallest absolute Gasteiger partial charge is 0.285 e. The van der Waals surface area contributed by atoms with Crippen LogP contribution < -0.4 is 4.31 Å². The Bertz CT molecular complexity index is 946. The molecule has 0 bridgehead atoms. The van der Waals surface area contributed by atoms with Gasteiger partial charge in [-0.15, -0.1) is 5.10 Å². The van der Waals surface area contributed by atoms with Crippen LogP contribution in [0.1, 0.15) is 12.7 Å². The van der Waals surface area contributed by atoms with E-state index in [1.807, 2.05) is 37.3 Å². The Morgan fingerprint density at radius 3 is 2.54 bits per heavy atom. The molecule has 0 fully saturated rings. The van der Waals surface area contributed by atoms with Crippen LogP contribution in [0.4, 0.5) is 5.95 Å². The highest BCUT2D eigenvalue weighted by molar-refractivity contribution is 7.92. The normalized spacial score (nSPS) is 11.6. The van der Waals surface area contributed by atoms with Gasteiger partial charge in [0.25, 0.3) is 16.0 Å². The van der Waals surface area contributed by atoms with Crippen molar-refractivity contribution in [2.24, 2.45) is 0 Å². The van der Waals surface area contributed by atoms with E-state index in [2.05, 4.69) is 20.2 Å². The number of nitrogens with zero attached hydrogens (tertiary/aromatic N) is 5. The molecule has 8 nitrogen and oxygen atoms in total. The molecule has 126 valence electrons. The Labute approximate surface area is 140 Å². The number of hydrogen-bond acceptors (Lipinski definition) is 5. The average molecular weight is 346 g/mol. The third kappa shape index (κ3) is 2.78. The van der Waals surface area contributed by atoms with E-state index in [0.717, 1.165) is 9.87 Å². The summed E-state index contributed by atoms with van der Waals surface area (Å²) in [5.41, 5.74) is 0.827. The lowest BCUT2D eigenvalue weighted by molar-refractivity contribution is 0.590. The molecule has 0 unspecified atom stereocenters. The number of aromatic nitrogens is 5. The molecular weight excluding hydrogens is 328 g/mol. The molecule has 0 radical (unpaired) electrons. The SMILES string of the molecule is CCn1cc(S(=O)(=O)N(C)c2n[nH]c(-c3ccccc3)n2)nc1C. The Morgan fingerprint density at radius 2 is 1.92 bits per heavy atom. The molecule has 1 N–H and O–H groups in total. The second-order valence-corrected chi connectivity index (χ2v) is 7.15. The fourth-order valence-electron chi connectivity index (χ4n) is 2.29. The Kier molecular flexibility index (Phi) is 4.10. The monoisotopic (exact) mass is 346 g/mol. The first-order valence-corrected chi connectivity index (χ1v) is 8.88. The van der Waals surface area contributed by atoms with Crippen LogP contribution in [0.25, 0.3) is 11.4 Å². The molecule has 0 saturated heterocycles. The van der Waals surface area contributed by atoms with Gasteiger partial charge in [-0.25, -0.2) is 9.29 Å². The Balaban J connectivity index is 1.93. The molecule has 3 aromatic rings. The van der Waals surface area contributed by atoms with Crippen molar-refractivity contribution in [1.82, 2.24) is 24.7 Å². The maximum absolute atomic E-state index is 12.7. The molecule has 0 aliphatic carbocycles. The minimum Gasteiger partial charge on any atom is -0.334 e. The molecule has 0 amide bonds. The summed E-state index contributed by atoms with van der Waals surface area (Å²) < 4.78 is 28.2. The van der Waals surface area contributed by atoms with Crippen molar-refractivity contribution < 1.29 is 8.42 Å². The van der Waals surface area contributed by atoms with E-state index >= 15 is 0 Å². The standard InChI is InChI=1S/C15H18N6O2S/c1-4-21-10-13(16-11(21)2)24(22,23)20(3)15-17-14(18-19-15)12-8-6-5-7-9-12/h5-10H,4H2,1-3H3,(H,17,18,19). The lowest BCUT2D eigenvalue weighted by Gasteiger charge is -2.13. The highest BCUT2D eigenvalue weighted by Gasteiger charge is 2.27. The molecule has 0 saturated carbocycles. The van der Waals surface area contributed by atoms with Gasteiger partial charge >= 0.3 is 0 Å². The number of anilines is 1. The van der Waals surface area contributed by atoms with Gasteiger partial charge in [0.05, 0.1) is 0 Å². The van der Waals surface area contributed by atoms with Crippen molar-refractivity contribution in [3.05, 3.63) is 42.4 Å². The summed E-state index contributed by atoms with van der Waals surface area (Å²) in [5.74, 6) is 1.21. The van der Waals surface area contributed by atoms with Crippen LogP contribution >= 0.6 is 0 Å². The fourth-order valence-corrected chi connectivity index (χ4v) is 3.38. The molecule has 0 spiro atoms. The number of aryl methyl sites for hydroxylation is 2. The summed E-state index contributed by atoms with van der Waals surface area (Å²) >= 11 is 0. The predicted molar refractivity (Wildman–Crippen MR) is 90.0 cm³/mol. The lowest BCUT2D eigenvalue weighted by Crippen LogP contribution is -2.28. The molecule has 2 aromatic heterocycles. The van der Waals surface area contributed by atoms with Crippen LogP contribution in [-0.2, 0) is 16.6 Å². The minimum atomic E-state index is -3.82. The molecule has 0 aliphatic rings. The minimum absolute atomic E-state index is 0.0181. The molecule has 2 heterocycles. The topological polar surface area (TPSA) is 96.8 Å². The van der Waals surface area contributed by atoms with Crippen molar-refractivity contribution in [3.63, 3.8) is 0 Å². The number of rotatable bonds is 5.